The molecular formula is C12H18ClNO3S. The fourth-order valence-corrected chi connectivity index (χ4v) is 2.29. The van der Waals surface area contributed by atoms with Crippen LogP contribution in [0.5, 0.6) is 0 Å². The predicted octanol–water partition coefficient (Wildman–Crippen LogP) is 2.31. The van der Waals surface area contributed by atoms with Gasteiger partial charge < -0.3 is 4.90 Å². The molecule has 0 aliphatic carbocycles. The zero-order valence-corrected chi connectivity index (χ0v) is 12.3. The fraction of sp³-hybridized carbons (Fsp3) is 0.500. The predicted molar refractivity (Wildman–Crippen MR) is 73.3 cm³/mol. The Kier molecular flexibility index (Phi) is 5.59. The molecule has 1 atom stereocenters. The molecule has 0 fully saturated rings. The molecule has 0 bridgehead atoms. The molecule has 0 amide bonds. The summed E-state index contributed by atoms with van der Waals surface area (Å²) in [6, 6.07) is 7.03. The van der Waals surface area contributed by atoms with Crippen molar-refractivity contribution in [1.82, 2.24) is 4.90 Å². The number of nitrogens with zero attached hydrogens (tertiary/aromatic N) is 1. The zero-order chi connectivity index (χ0) is 13.8. The lowest BCUT2D eigenvalue weighted by Gasteiger charge is -2.19. The summed E-state index contributed by atoms with van der Waals surface area (Å²) in [4.78, 5) is 1.98. The van der Waals surface area contributed by atoms with E-state index in [1.54, 1.807) is 24.3 Å². The van der Waals surface area contributed by atoms with E-state index in [1.807, 2.05) is 19.0 Å². The third-order valence-corrected chi connectivity index (χ3v) is 3.21. The third kappa shape index (κ3) is 5.82. The van der Waals surface area contributed by atoms with Gasteiger partial charge in [-0.05, 0) is 38.2 Å². The summed E-state index contributed by atoms with van der Waals surface area (Å²) in [6.07, 6.45) is 1.19. The lowest BCUT2D eigenvalue weighted by Crippen LogP contribution is -2.19. The van der Waals surface area contributed by atoms with E-state index >= 15 is 0 Å². The summed E-state index contributed by atoms with van der Waals surface area (Å²) in [6.45, 7) is 0.739. The van der Waals surface area contributed by atoms with Crippen LogP contribution in [-0.2, 0) is 14.3 Å². The lowest BCUT2D eigenvalue weighted by atomic mass is 10.1. The van der Waals surface area contributed by atoms with Gasteiger partial charge in [-0.15, -0.1) is 0 Å². The molecular weight excluding hydrogens is 274 g/mol. The Bertz CT molecular complexity index is 471. The quantitative estimate of drug-likeness (QED) is 0.755. The number of hydrogen-bond acceptors (Lipinski definition) is 4. The van der Waals surface area contributed by atoms with Crippen LogP contribution in [0, 0.1) is 0 Å². The lowest BCUT2D eigenvalue weighted by molar-refractivity contribution is 0.188. The maximum atomic E-state index is 11.3. The molecule has 4 nitrogen and oxygen atoms in total. The molecule has 0 aromatic heterocycles. The summed E-state index contributed by atoms with van der Waals surface area (Å²) in [7, 11) is 0.379. The monoisotopic (exact) mass is 291 g/mol. The van der Waals surface area contributed by atoms with Gasteiger partial charge in [-0.3, -0.25) is 4.18 Å². The molecule has 0 aliphatic heterocycles. The molecule has 0 heterocycles. The number of rotatable bonds is 6. The molecule has 18 heavy (non-hydrogen) atoms. The van der Waals surface area contributed by atoms with Gasteiger partial charge in [0.2, 0.25) is 0 Å². The molecule has 1 aromatic rings. The van der Waals surface area contributed by atoms with Crippen LogP contribution in [0.1, 0.15) is 18.1 Å². The summed E-state index contributed by atoms with van der Waals surface area (Å²) in [5, 5.41) is 0.615. The van der Waals surface area contributed by atoms with Gasteiger partial charge in [0.05, 0.1) is 6.26 Å². The Morgan fingerprint density at radius 3 is 2.28 bits per heavy atom. The number of benzene rings is 1. The first-order valence-electron chi connectivity index (χ1n) is 5.56. The van der Waals surface area contributed by atoms with Gasteiger partial charge in [0.1, 0.15) is 6.10 Å². The van der Waals surface area contributed by atoms with Gasteiger partial charge in [-0.2, -0.15) is 8.42 Å². The van der Waals surface area contributed by atoms with Crippen LogP contribution < -0.4 is 0 Å². The van der Waals surface area contributed by atoms with Crippen LogP contribution >= 0.6 is 11.6 Å². The van der Waals surface area contributed by atoms with Crippen molar-refractivity contribution in [2.24, 2.45) is 0 Å². The van der Waals surface area contributed by atoms with E-state index in [4.69, 9.17) is 15.8 Å². The van der Waals surface area contributed by atoms with E-state index in [-0.39, 0.29) is 0 Å². The van der Waals surface area contributed by atoms with Crippen LogP contribution in [0.3, 0.4) is 0 Å². The van der Waals surface area contributed by atoms with Gasteiger partial charge in [0.25, 0.3) is 10.1 Å². The van der Waals surface area contributed by atoms with E-state index in [0.717, 1.165) is 18.4 Å². The minimum Gasteiger partial charge on any atom is -0.309 e. The Labute approximate surface area is 114 Å². The van der Waals surface area contributed by atoms with E-state index in [0.29, 0.717) is 11.4 Å². The molecule has 0 spiro atoms. The van der Waals surface area contributed by atoms with Gasteiger partial charge in [-0.25, -0.2) is 0 Å². The SMILES string of the molecule is CN(C)CCC(OS(C)(=O)=O)c1ccc(Cl)cc1. The normalized spacial score (nSPS) is 13.8. The average molecular weight is 292 g/mol. The van der Waals surface area contributed by atoms with Crippen molar-refractivity contribution in [3.63, 3.8) is 0 Å². The molecule has 1 rings (SSSR count). The summed E-state index contributed by atoms with van der Waals surface area (Å²) in [5.41, 5.74) is 0.812. The maximum absolute atomic E-state index is 11.3. The second-order valence-electron chi connectivity index (χ2n) is 4.43. The first-order chi connectivity index (χ1) is 8.28. The van der Waals surface area contributed by atoms with Crippen molar-refractivity contribution in [2.45, 2.75) is 12.5 Å². The molecule has 0 aliphatic rings. The van der Waals surface area contributed by atoms with Crippen LogP contribution in [0.2, 0.25) is 5.02 Å². The van der Waals surface area contributed by atoms with Gasteiger partial charge in [0, 0.05) is 11.6 Å². The maximum Gasteiger partial charge on any atom is 0.264 e. The van der Waals surface area contributed by atoms with Crippen LogP contribution in [0.15, 0.2) is 24.3 Å². The van der Waals surface area contributed by atoms with Crippen LogP contribution in [-0.4, -0.2) is 40.2 Å². The molecule has 0 N–H and O–H groups in total. The average Bonchev–Trinajstić information content (AvgIpc) is 2.23. The number of halogens is 1. The van der Waals surface area contributed by atoms with E-state index < -0.39 is 16.2 Å². The van der Waals surface area contributed by atoms with E-state index in [9.17, 15) is 8.42 Å². The van der Waals surface area contributed by atoms with E-state index in [2.05, 4.69) is 0 Å². The Balaban J connectivity index is 2.85. The highest BCUT2D eigenvalue weighted by Gasteiger charge is 2.17. The molecule has 0 radical (unpaired) electrons. The van der Waals surface area contributed by atoms with Crippen molar-refractivity contribution in [3.05, 3.63) is 34.9 Å². The zero-order valence-electron chi connectivity index (χ0n) is 10.8. The van der Waals surface area contributed by atoms with Crippen molar-refractivity contribution in [1.29, 1.82) is 0 Å². The molecule has 0 saturated carbocycles. The van der Waals surface area contributed by atoms with Gasteiger partial charge in [-0.1, -0.05) is 23.7 Å². The molecule has 6 heteroatoms. The highest BCUT2D eigenvalue weighted by atomic mass is 35.5. The standard InChI is InChI=1S/C12H18ClNO3S/c1-14(2)9-8-12(17-18(3,15)16)10-4-6-11(13)7-5-10/h4-7,12H,8-9H2,1-3H3. The topological polar surface area (TPSA) is 46.6 Å². The fourth-order valence-electron chi connectivity index (χ4n) is 1.53. The Hall–Kier alpha value is -0.620. The van der Waals surface area contributed by atoms with Crippen molar-refractivity contribution >= 4 is 21.7 Å². The highest BCUT2D eigenvalue weighted by Crippen LogP contribution is 2.24. The smallest absolute Gasteiger partial charge is 0.264 e. The second-order valence-corrected chi connectivity index (χ2v) is 6.47. The van der Waals surface area contributed by atoms with Gasteiger partial charge >= 0.3 is 0 Å². The Morgan fingerprint density at radius 1 is 1.28 bits per heavy atom. The Morgan fingerprint density at radius 2 is 1.83 bits per heavy atom. The molecule has 0 saturated heterocycles. The third-order valence-electron chi connectivity index (χ3n) is 2.37. The number of hydrogen-bond donors (Lipinski definition) is 0. The molecule has 102 valence electrons. The highest BCUT2D eigenvalue weighted by molar-refractivity contribution is 7.86. The van der Waals surface area contributed by atoms with Crippen molar-refractivity contribution < 1.29 is 12.6 Å². The summed E-state index contributed by atoms with van der Waals surface area (Å²) in [5.74, 6) is 0. The summed E-state index contributed by atoms with van der Waals surface area (Å²) < 4.78 is 27.6. The molecule has 1 aromatic carbocycles. The van der Waals surface area contributed by atoms with Crippen molar-refractivity contribution in [2.75, 3.05) is 26.9 Å². The first-order valence-corrected chi connectivity index (χ1v) is 7.76. The minimum atomic E-state index is -3.48. The van der Waals surface area contributed by atoms with Gasteiger partial charge in [0.15, 0.2) is 0 Å². The van der Waals surface area contributed by atoms with Crippen molar-refractivity contribution in [3.8, 4) is 0 Å². The van der Waals surface area contributed by atoms with Crippen LogP contribution in [0.4, 0.5) is 0 Å². The van der Waals surface area contributed by atoms with E-state index in [1.165, 1.54) is 0 Å². The summed E-state index contributed by atoms with van der Waals surface area (Å²) >= 11 is 5.81. The first kappa shape index (κ1) is 15.4. The largest absolute Gasteiger partial charge is 0.309 e. The minimum absolute atomic E-state index is 0.473. The second kappa shape index (κ2) is 6.52. The molecule has 1 unspecified atom stereocenters. The van der Waals surface area contributed by atoms with Crippen LogP contribution in [0.25, 0.3) is 0 Å².